The second-order valence-corrected chi connectivity index (χ2v) is 6.20. The highest BCUT2D eigenvalue weighted by Gasteiger charge is 2.25. The Morgan fingerprint density at radius 3 is 2.35 bits per heavy atom. The minimum Gasteiger partial charge on any atom is -0.443 e. The number of aryl methyl sites for hydroxylation is 1. The molecule has 0 aliphatic rings. The minimum atomic E-state index is -0.727. The topological polar surface area (TPSA) is 105 Å². The van der Waals surface area contributed by atoms with E-state index >= 15 is 0 Å². The highest BCUT2D eigenvalue weighted by Crippen LogP contribution is 2.17. The van der Waals surface area contributed by atoms with Gasteiger partial charge in [-0.2, -0.15) is 0 Å². The lowest BCUT2D eigenvalue weighted by Crippen LogP contribution is -2.37. The monoisotopic (exact) mass is 322 g/mol. The Morgan fingerprint density at radius 2 is 1.83 bits per heavy atom. The molecule has 0 unspecified atom stereocenters. The molecule has 124 valence electrons. The molecular weight excluding hydrogens is 304 g/mol. The van der Waals surface area contributed by atoms with Crippen molar-refractivity contribution in [3.63, 3.8) is 0 Å². The van der Waals surface area contributed by atoms with E-state index in [1.807, 2.05) is 0 Å². The van der Waals surface area contributed by atoms with Crippen molar-refractivity contribution in [3.05, 3.63) is 26.7 Å². The summed E-state index contributed by atoms with van der Waals surface area (Å²) in [5.74, 6) is -0.585. The molecule has 0 aliphatic heterocycles. The Morgan fingerprint density at radius 1 is 1.22 bits per heavy atom. The molecule has 0 aromatic carbocycles. The van der Waals surface area contributed by atoms with Gasteiger partial charge in [0.15, 0.2) is 30.0 Å². The third-order valence-electron chi connectivity index (χ3n) is 3.42. The van der Waals surface area contributed by atoms with Gasteiger partial charge in [-0.3, -0.25) is 28.1 Å². The third kappa shape index (κ3) is 2.69. The maximum absolute atomic E-state index is 12.3. The predicted octanol–water partition coefficient (Wildman–Crippen LogP) is -0.207. The van der Waals surface area contributed by atoms with Gasteiger partial charge in [0.05, 0.1) is 5.41 Å². The summed E-state index contributed by atoms with van der Waals surface area (Å²) in [6.45, 7) is 4.72. The third-order valence-corrected chi connectivity index (χ3v) is 3.42. The Labute approximate surface area is 131 Å². The van der Waals surface area contributed by atoms with Gasteiger partial charge in [-0.1, -0.05) is 0 Å². The maximum Gasteiger partial charge on any atom is 0.332 e. The quantitative estimate of drug-likeness (QED) is 0.572. The van der Waals surface area contributed by atoms with Crippen LogP contribution in [0.2, 0.25) is 0 Å². The van der Waals surface area contributed by atoms with Gasteiger partial charge in [0, 0.05) is 14.1 Å². The van der Waals surface area contributed by atoms with Gasteiger partial charge in [-0.15, -0.1) is 0 Å². The summed E-state index contributed by atoms with van der Waals surface area (Å²) < 4.78 is 8.41. The molecule has 9 heteroatoms. The van der Waals surface area contributed by atoms with E-state index in [4.69, 9.17) is 4.74 Å². The summed E-state index contributed by atoms with van der Waals surface area (Å²) in [5, 5.41) is 0. The summed E-state index contributed by atoms with van der Waals surface area (Å²) in [6.07, 6.45) is 0.439. The van der Waals surface area contributed by atoms with Crippen LogP contribution in [-0.2, 0) is 30.4 Å². The first-order valence-electron chi connectivity index (χ1n) is 6.88. The summed E-state index contributed by atoms with van der Waals surface area (Å²) >= 11 is 0. The van der Waals surface area contributed by atoms with E-state index in [0.29, 0.717) is 6.29 Å². The van der Waals surface area contributed by atoms with Crippen molar-refractivity contribution < 1.29 is 14.3 Å². The Balaban J connectivity index is 2.64. The SMILES string of the molecule is Cn1c(=O)c2c(nc(C=O)n2COC(=O)C(C)(C)C)n(C)c1=O. The smallest absolute Gasteiger partial charge is 0.332 e. The zero-order valence-corrected chi connectivity index (χ0v) is 13.6. The molecule has 0 saturated heterocycles. The highest BCUT2D eigenvalue weighted by atomic mass is 16.5. The molecule has 23 heavy (non-hydrogen) atoms. The van der Waals surface area contributed by atoms with Crippen molar-refractivity contribution >= 4 is 23.4 Å². The fourth-order valence-electron chi connectivity index (χ4n) is 2.02. The van der Waals surface area contributed by atoms with Crippen LogP contribution in [0.1, 0.15) is 31.4 Å². The minimum absolute atomic E-state index is 0.0263. The molecule has 0 atom stereocenters. The molecule has 9 nitrogen and oxygen atoms in total. The standard InChI is InChI=1S/C14H18N4O5/c1-14(2,3)12(21)23-7-18-8(6-19)15-10-9(18)11(20)17(5)13(22)16(10)4/h6H,7H2,1-5H3. The van der Waals surface area contributed by atoms with Gasteiger partial charge in [0.1, 0.15) is 0 Å². The lowest BCUT2D eigenvalue weighted by Gasteiger charge is -2.17. The number of hydrogen-bond donors (Lipinski definition) is 0. The molecule has 0 aliphatic carbocycles. The van der Waals surface area contributed by atoms with Gasteiger partial charge in [-0.25, -0.2) is 9.78 Å². The first-order chi connectivity index (χ1) is 10.6. The number of nitrogens with zero attached hydrogens (tertiary/aromatic N) is 4. The van der Waals surface area contributed by atoms with E-state index < -0.39 is 22.6 Å². The van der Waals surface area contributed by atoms with Crippen LogP contribution in [0.3, 0.4) is 0 Å². The molecule has 0 saturated carbocycles. The van der Waals surface area contributed by atoms with Crippen molar-refractivity contribution in [3.8, 4) is 0 Å². The van der Waals surface area contributed by atoms with Gasteiger partial charge >= 0.3 is 11.7 Å². The van der Waals surface area contributed by atoms with Crippen molar-refractivity contribution in [2.75, 3.05) is 0 Å². The van der Waals surface area contributed by atoms with E-state index in [0.717, 1.165) is 9.13 Å². The number of ether oxygens (including phenoxy) is 1. The molecule has 0 spiro atoms. The van der Waals surface area contributed by atoms with Crippen LogP contribution in [0.5, 0.6) is 0 Å². The molecule has 2 heterocycles. The number of hydrogen-bond acceptors (Lipinski definition) is 6. The Kier molecular flexibility index (Phi) is 3.97. The predicted molar refractivity (Wildman–Crippen MR) is 81.1 cm³/mol. The van der Waals surface area contributed by atoms with Crippen LogP contribution in [0.25, 0.3) is 11.2 Å². The lowest BCUT2D eigenvalue weighted by atomic mass is 9.98. The first-order valence-corrected chi connectivity index (χ1v) is 6.88. The average molecular weight is 322 g/mol. The molecule has 2 aromatic heterocycles. The van der Waals surface area contributed by atoms with Crippen LogP contribution in [0, 0.1) is 5.41 Å². The molecule has 2 rings (SSSR count). The summed E-state index contributed by atoms with van der Waals surface area (Å²) in [6, 6.07) is 0. The number of rotatable bonds is 3. The van der Waals surface area contributed by atoms with E-state index in [1.165, 1.54) is 18.7 Å². The summed E-state index contributed by atoms with van der Waals surface area (Å²) in [4.78, 5) is 51.3. The zero-order chi connectivity index (χ0) is 17.5. The van der Waals surface area contributed by atoms with Gasteiger partial charge in [0.25, 0.3) is 5.56 Å². The van der Waals surface area contributed by atoms with Crippen LogP contribution in [-0.4, -0.2) is 30.9 Å². The molecule has 0 bridgehead atoms. The summed E-state index contributed by atoms with van der Waals surface area (Å²) in [5.41, 5.74) is -1.81. The molecule has 0 N–H and O–H groups in total. The highest BCUT2D eigenvalue weighted by molar-refractivity contribution is 5.80. The number of aromatic nitrogens is 4. The lowest BCUT2D eigenvalue weighted by molar-refractivity contribution is -0.156. The average Bonchev–Trinajstić information content (AvgIpc) is 2.86. The van der Waals surface area contributed by atoms with Crippen molar-refractivity contribution in [1.29, 1.82) is 0 Å². The van der Waals surface area contributed by atoms with Crippen molar-refractivity contribution in [2.24, 2.45) is 19.5 Å². The molecule has 0 radical (unpaired) electrons. The van der Waals surface area contributed by atoms with E-state index in [2.05, 4.69) is 4.98 Å². The van der Waals surface area contributed by atoms with Crippen LogP contribution in [0.15, 0.2) is 9.59 Å². The largest absolute Gasteiger partial charge is 0.443 e. The van der Waals surface area contributed by atoms with E-state index in [-0.39, 0.29) is 23.7 Å². The summed E-state index contributed by atoms with van der Waals surface area (Å²) in [7, 11) is 2.76. The van der Waals surface area contributed by atoms with Gasteiger partial charge < -0.3 is 4.74 Å². The van der Waals surface area contributed by atoms with Crippen LogP contribution in [0.4, 0.5) is 0 Å². The van der Waals surface area contributed by atoms with Crippen LogP contribution < -0.4 is 11.2 Å². The van der Waals surface area contributed by atoms with E-state index in [1.54, 1.807) is 20.8 Å². The van der Waals surface area contributed by atoms with Gasteiger partial charge in [-0.05, 0) is 20.8 Å². The number of fused-ring (bicyclic) bond motifs is 1. The van der Waals surface area contributed by atoms with Crippen LogP contribution >= 0.6 is 0 Å². The molecular formula is C14H18N4O5. The Hall–Kier alpha value is -2.71. The molecule has 0 fully saturated rings. The maximum atomic E-state index is 12.3. The number of carbonyl (C=O) groups is 2. The normalized spacial score (nSPS) is 11.7. The molecule has 2 aromatic rings. The van der Waals surface area contributed by atoms with Crippen molar-refractivity contribution in [1.82, 2.24) is 18.7 Å². The number of aldehydes is 1. The van der Waals surface area contributed by atoms with E-state index in [9.17, 15) is 19.2 Å². The zero-order valence-electron chi connectivity index (χ0n) is 13.6. The van der Waals surface area contributed by atoms with Gasteiger partial charge in [0.2, 0.25) is 0 Å². The van der Waals surface area contributed by atoms with Crippen molar-refractivity contribution in [2.45, 2.75) is 27.5 Å². The number of esters is 1. The number of carbonyl (C=O) groups excluding carboxylic acids is 2. The Bertz CT molecular complexity index is 910. The second kappa shape index (κ2) is 5.49. The number of imidazole rings is 1. The molecule has 0 amide bonds. The fourth-order valence-corrected chi connectivity index (χ4v) is 2.02. The second-order valence-electron chi connectivity index (χ2n) is 6.20. The fraction of sp³-hybridized carbons (Fsp3) is 0.500. The first kappa shape index (κ1) is 16.7.